The molecule has 0 fully saturated rings. The van der Waals surface area contributed by atoms with E-state index in [2.05, 4.69) is 0 Å². The first-order valence-electron chi connectivity index (χ1n) is 9.31. The molecular weight excluding hydrogens is 420 g/mol. The lowest BCUT2D eigenvalue weighted by atomic mass is 10.2. The van der Waals surface area contributed by atoms with Crippen LogP contribution in [0.5, 0.6) is 0 Å². The van der Waals surface area contributed by atoms with E-state index in [0.717, 1.165) is 5.56 Å². The van der Waals surface area contributed by atoms with E-state index in [9.17, 15) is 23.3 Å². The van der Waals surface area contributed by atoms with Gasteiger partial charge in [-0.2, -0.15) is 4.31 Å². The molecule has 3 rings (SSSR count). The van der Waals surface area contributed by atoms with Crippen LogP contribution in [0.15, 0.2) is 83.8 Å². The topological polar surface area (TPSA) is 107 Å². The summed E-state index contributed by atoms with van der Waals surface area (Å²) in [5, 5.41) is 10.8. The van der Waals surface area contributed by atoms with Gasteiger partial charge in [-0.1, -0.05) is 48.0 Å². The summed E-state index contributed by atoms with van der Waals surface area (Å²) in [6.45, 7) is 1.40. The maximum Gasteiger partial charge on any atom is 0.424 e. The minimum atomic E-state index is -4.17. The molecule has 0 aliphatic carbocycles. The van der Waals surface area contributed by atoms with Crippen molar-refractivity contribution >= 4 is 21.8 Å². The molecule has 0 spiro atoms. The van der Waals surface area contributed by atoms with Crippen LogP contribution in [-0.4, -0.2) is 23.7 Å². The summed E-state index contributed by atoms with van der Waals surface area (Å²) in [5.41, 5.74) is 1.90. The van der Waals surface area contributed by atoms with Gasteiger partial charge in [0.1, 0.15) is 6.61 Å². The molecule has 9 heteroatoms. The number of amides is 1. The molecular formula is C22H20N2O6S. The highest BCUT2D eigenvalue weighted by Crippen LogP contribution is 2.21. The molecule has 0 saturated carbocycles. The van der Waals surface area contributed by atoms with Gasteiger partial charge >= 0.3 is 6.09 Å². The molecule has 0 aliphatic heterocycles. The zero-order valence-electron chi connectivity index (χ0n) is 16.7. The Kier molecular flexibility index (Phi) is 6.66. The third-order valence-corrected chi connectivity index (χ3v) is 6.22. The van der Waals surface area contributed by atoms with E-state index >= 15 is 0 Å². The second kappa shape index (κ2) is 9.40. The molecule has 160 valence electrons. The second-order valence-electron chi connectivity index (χ2n) is 6.79. The Morgan fingerprint density at radius 1 is 0.935 bits per heavy atom. The summed E-state index contributed by atoms with van der Waals surface area (Å²) in [5.74, 6) is 0. The van der Waals surface area contributed by atoms with Crippen LogP contribution < -0.4 is 0 Å². The number of benzene rings is 3. The number of hydrogen-bond acceptors (Lipinski definition) is 6. The zero-order valence-corrected chi connectivity index (χ0v) is 17.5. The molecule has 0 heterocycles. The fourth-order valence-electron chi connectivity index (χ4n) is 2.77. The van der Waals surface area contributed by atoms with E-state index in [0.29, 0.717) is 15.4 Å². The van der Waals surface area contributed by atoms with Crippen LogP contribution in [0.25, 0.3) is 0 Å². The van der Waals surface area contributed by atoms with Crippen LogP contribution in [-0.2, 0) is 27.9 Å². The van der Waals surface area contributed by atoms with Crippen molar-refractivity contribution in [3.05, 3.63) is 106 Å². The molecule has 3 aromatic rings. The van der Waals surface area contributed by atoms with Gasteiger partial charge in [0, 0.05) is 12.1 Å². The molecule has 0 radical (unpaired) electrons. The summed E-state index contributed by atoms with van der Waals surface area (Å²) >= 11 is 0. The van der Waals surface area contributed by atoms with Crippen molar-refractivity contribution in [3.63, 3.8) is 0 Å². The summed E-state index contributed by atoms with van der Waals surface area (Å²) in [4.78, 5) is 23.0. The number of hydrogen-bond donors (Lipinski definition) is 0. The first kappa shape index (κ1) is 22.0. The first-order valence-corrected chi connectivity index (χ1v) is 10.7. The predicted molar refractivity (Wildman–Crippen MR) is 114 cm³/mol. The lowest BCUT2D eigenvalue weighted by Gasteiger charge is -2.22. The maximum atomic E-state index is 13.2. The van der Waals surface area contributed by atoms with Gasteiger partial charge in [0.2, 0.25) is 0 Å². The largest absolute Gasteiger partial charge is 0.444 e. The minimum Gasteiger partial charge on any atom is -0.444 e. The highest BCUT2D eigenvalue weighted by atomic mass is 32.2. The van der Waals surface area contributed by atoms with Crippen molar-refractivity contribution in [2.24, 2.45) is 0 Å². The van der Waals surface area contributed by atoms with E-state index in [1.54, 1.807) is 42.5 Å². The number of carbonyl (C=O) groups is 1. The van der Waals surface area contributed by atoms with Crippen LogP contribution in [0, 0.1) is 17.0 Å². The maximum absolute atomic E-state index is 13.2. The van der Waals surface area contributed by atoms with Crippen LogP contribution in [0.3, 0.4) is 0 Å². The molecule has 3 aromatic carbocycles. The number of sulfonamides is 1. The summed E-state index contributed by atoms with van der Waals surface area (Å²) < 4.78 is 32.3. The Hall–Kier alpha value is -3.72. The quantitative estimate of drug-likeness (QED) is 0.397. The lowest BCUT2D eigenvalue weighted by Crippen LogP contribution is -2.36. The number of rotatable bonds is 7. The standard InChI is InChI=1S/C22H20N2O6S/c1-17-7-13-21(14-8-17)31(28,29)23(15-18-5-3-2-4-6-18)22(25)30-16-19-9-11-20(12-10-19)24(26)27/h2-14H,15-16H2,1H3. The summed E-state index contributed by atoms with van der Waals surface area (Å²) in [6.07, 6.45) is -1.04. The van der Waals surface area contributed by atoms with Gasteiger partial charge in [0.05, 0.1) is 16.4 Å². The van der Waals surface area contributed by atoms with Gasteiger partial charge in [-0.3, -0.25) is 10.1 Å². The Bertz CT molecular complexity index is 1160. The SMILES string of the molecule is Cc1ccc(S(=O)(=O)N(Cc2ccccc2)C(=O)OCc2ccc([N+](=O)[O-])cc2)cc1. The molecule has 0 unspecified atom stereocenters. The fourth-order valence-corrected chi connectivity index (χ4v) is 4.07. The molecule has 0 bridgehead atoms. The summed E-state index contributed by atoms with van der Waals surface area (Å²) in [6, 6.07) is 20.3. The Balaban J connectivity index is 1.83. The number of nitro benzene ring substituents is 1. The van der Waals surface area contributed by atoms with Crippen molar-refractivity contribution in [1.82, 2.24) is 4.31 Å². The van der Waals surface area contributed by atoms with Crippen molar-refractivity contribution in [3.8, 4) is 0 Å². The van der Waals surface area contributed by atoms with E-state index in [4.69, 9.17) is 4.74 Å². The van der Waals surface area contributed by atoms with Gasteiger partial charge in [-0.15, -0.1) is 0 Å². The average Bonchev–Trinajstić information content (AvgIpc) is 2.77. The number of carbonyl (C=O) groups excluding carboxylic acids is 1. The fraction of sp³-hybridized carbons (Fsp3) is 0.136. The van der Waals surface area contributed by atoms with Gasteiger partial charge in [0.25, 0.3) is 15.7 Å². The van der Waals surface area contributed by atoms with Crippen molar-refractivity contribution in [2.75, 3.05) is 0 Å². The molecule has 0 aromatic heterocycles. The minimum absolute atomic E-state index is 0.0266. The Labute approximate surface area is 179 Å². The zero-order chi connectivity index (χ0) is 22.4. The number of nitrogens with zero attached hydrogens (tertiary/aromatic N) is 2. The number of aryl methyl sites for hydroxylation is 1. The third-order valence-electron chi connectivity index (χ3n) is 4.49. The van der Waals surface area contributed by atoms with Gasteiger partial charge < -0.3 is 4.74 Å². The summed E-state index contributed by atoms with van der Waals surface area (Å²) in [7, 11) is -4.17. The molecule has 1 amide bonds. The van der Waals surface area contributed by atoms with E-state index in [1.165, 1.54) is 36.4 Å². The molecule has 0 atom stereocenters. The van der Waals surface area contributed by atoms with Gasteiger partial charge in [-0.05, 0) is 42.3 Å². The Morgan fingerprint density at radius 2 is 1.55 bits per heavy atom. The number of non-ortho nitro benzene ring substituents is 1. The molecule has 8 nitrogen and oxygen atoms in total. The smallest absolute Gasteiger partial charge is 0.424 e. The monoisotopic (exact) mass is 440 g/mol. The van der Waals surface area contributed by atoms with Crippen LogP contribution in [0.1, 0.15) is 16.7 Å². The van der Waals surface area contributed by atoms with Crippen LogP contribution in [0.4, 0.5) is 10.5 Å². The second-order valence-corrected chi connectivity index (χ2v) is 8.65. The van der Waals surface area contributed by atoms with Gasteiger partial charge in [-0.25, -0.2) is 13.2 Å². The number of nitro groups is 1. The van der Waals surface area contributed by atoms with Crippen LogP contribution in [0.2, 0.25) is 0 Å². The number of ether oxygens (including phenoxy) is 1. The highest BCUT2D eigenvalue weighted by molar-refractivity contribution is 7.89. The molecule has 0 aliphatic rings. The van der Waals surface area contributed by atoms with Crippen molar-refractivity contribution in [1.29, 1.82) is 0 Å². The van der Waals surface area contributed by atoms with E-state index < -0.39 is 21.0 Å². The van der Waals surface area contributed by atoms with Crippen molar-refractivity contribution in [2.45, 2.75) is 25.0 Å². The molecule has 0 N–H and O–H groups in total. The molecule has 31 heavy (non-hydrogen) atoms. The molecule has 0 saturated heterocycles. The predicted octanol–water partition coefficient (Wildman–Crippen LogP) is 4.43. The first-order chi connectivity index (χ1) is 14.8. The lowest BCUT2D eigenvalue weighted by molar-refractivity contribution is -0.384. The normalized spacial score (nSPS) is 11.0. The van der Waals surface area contributed by atoms with Crippen LogP contribution >= 0.6 is 0 Å². The average molecular weight is 440 g/mol. The Morgan fingerprint density at radius 3 is 2.13 bits per heavy atom. The van der Waals surface area contributed by atoms with Crippen molar-refractivity contribution < 1.29 is 22.9 Å². The highest BCUT2D eigenvalue weighted by Gasteiger charge is 2.31. The van der Waals surface area contributed by atoms with E-state index in [1.807, 2.05) is 6.92 Å². The van der Waals surface area contributed by atoms with E-state index in [-0.39, 0.29) is 23.7 Å². The van der Waals surface area contributed by atoms with Gasteiger partial charge in [0.15, 0.2) is 0 Å². The third kappa shape index (κ3) is 5.46.